The first kappa shape index (κ1) is 13.5. The number of ether oxygens (including phenoxy) is 1. The van der Waals surface area contributed by atoms with Crippen LogP contribution in [0.15, 0.2) is 6.33 Å². The number of hydrogen-bond acceptors (Lipinski definition) is 4. The first-order chi connectivity index (χ1) is 8.83. The van der Waals surface area contributed by atoms with Gasteiger partial charge in [0, 0.05) is 19.7 Å². The van der Waals surface area contributed by atoms with E-state index in [2.05, 4.69) is 28.8 Å². The van der Waals surface area contributed by atoms with Gasteiger partial charge < -0.3 is 4.74 Å². The summed E-state index contributed by atoms with van der Waals surface area (Å²) < 4.78 is 7.76. The Morgan fingerprint density at radius 1 is 1.44 bits per heavy atom. The van der Waals surface area contributed by atoms with Crippen molar-refractivity contribution in [3.8, 4) is 0 Å². The highest BCUT2D eigenvalue weighted by atomic mass is 16.5. The van der Waals surface area contributed by atoms with Crippen molar-refractivity contribution < 1.29 is 4.74 Å². The number of nitrogens with zero attached hydrogens (tertiary/aromatic N) is 4. The average Bonchev–Trinajstić information content (AvgIpc) is 2.86. The van der Waals surface area contributed by atoms with Gasteiger partial charge in [0.15, 0.2) is 0 Å². The molecule has 1 aliphatic heterocycles. The molecule has 0 aliphatic carbocycles. The van der Waals surface area contributed by atoms with Gasteiger partial charge in [0.2, 0.25) is 0 Å². The molecule has 0 aromatic carbocycles. The maximum absolute atomic E-state index is 5.80. The van der Waals surface area contributed by atoms with Crippen molar-refractivity contribution in [1.82, 2.24) is 19.7 Å². The summed E-state index contributed by atoms with van der Waals surface area (Å²) in [6.07, 6.45) is 5.75. The molecule has 1 aromatic heterocycles. The monoisotopic (exact) mass is 252 g/mol. The lowest BCUT2D eigenvalue weighted by molar-refractivity contribution is -0.00680. The molecule has 0 amide bonds. The minimum atomic E-state index is 0.400. The van der Waals surface area contributed by atoms with E-state index in [1.165, 1.54) is 19.3 Å². The molecular formula is C13H24N4O. The third-order valence-corrected chi connectivity index (χ3v) is 3.54. The molecule has 0 radical (unpaired) electrons. The van der Waals surface area contributed by atoms with Crippen molar-refractivity contribution in [2.45, 2.75) is 52.3 Å². The molecule has 1 atom stereocenters. The van der Waals surface area contributed by atoms with Crippen LogP contribution in [0.3, 0.4) is 0 Å². The fourth-order valence-corrected chi connectivity index (χ4v) is 2.42. The molecule has 2 heterocycles. The van der Waals surface area contributed by atoms with Crippen molar-refractivity contribution in [2.24, 2.45) is 0 Å². The summed E-state index contributed by atoms with van der Waals surface area (Å²) in [5.41, 5.74) is 0. The standard InChI is InChI=1S/C13H24N4O/c1-3-16(9-12-7-5-6-8-18-12)10-13-14-11-15-17(13)4-2/h11-12H,3-10H2,1-2H3. The van der Waals surface area contributed by atoms with Gasteiger partial charge in [-0.1, -0.05) is 6.92 Å². The summed E-state index contributed by atoms with van der Waals surface area (Å²) in [5.74, 6) is 1.05. The van der Waals surface area contributed by atoms with Crippen LogP contribution in [0.1, 0.15) is 38.9 Å². The highest BCUT2D eigenvalue weighted by Gasteiger charge is 2.18. The molecule has 2 rings (SSSR count). The van der Waals surface area contributed by atoms with Gasteiger partial charge >= 0.3 is 0 Å². The SMILES string of the molecule is CCN(Cc1ncnn1CC)CC1CCCCO1. The normalized spacial score (nSPS) is 20.5. The molecule has 5 heteroatoms. The fraction of sp³-hybridized carbons (Fsp3) is 0.846. The highest BCUT2D eigenvalue weighted by Crippen LogP contribution is 2.14. The van der Waals surface area contributed by atoms with Crippen molar-refractivity contribution in [3.63, 3.8) is 0 Å². The second-order valence-electron chi connectivity index (χ2n) is 4.81. The van der Waals surface area contributed by atoms with Gasteiger partial charge in [0.05, 0.1) is 12.6 Å². The summed E-state index contributed by atoms with van der Waals surface area (Å²) >= 11 is 0. The summed E-state index contributed by atoms with van der Waals surface area (Å²) in [7, 11) is 0. The van der Waals surface area contributed by atoms with Crippen molar-refractivity contribution in [2.75, 3.05) is 19.7 Å². The Kier molecular flexibility index (Phi) is 5.13. The predicted octanol–water partition coefficient (Wildman–Crippen LogP) is 1.69. The second kappa shape index (κ2) is 6.85. The van der Waals surface area contributed by atoms with Gasteiger partial charge in [-0.3, -0.25) is 4.90 Å². The number of rotatable bonds is 6. The van der Waals surface area contributed by atoms with Crippen molar-refractivity contribution >= 4 is 0 Å². The maximum Gasteiger partial charge on any atom is 0.140 e. The quantitative estimate of drug-likeness (QED) is 0.772. The lowest BCUT2D eigenvalue weighted by Gasteiger charge is -2.28. The van der Waals surface area contributed by atoms with E-state index < -0.39 is 0 Å². The van der Waals surface area contributed by atoms with E-state index in [9.17, 15) is 0 Å². The van der Waals surface area contributed by atoms with Crippen LogP contribution in [-0.4, -0.2) is 45.5 Å². The summed E-state index contributed by atoms with van der Waals surface area (Å²) in [5, 5.41) is 4.22. The Morgan fingerprint density at radius 3 is 3.00 bits per heavy atom. The molecule has 0 N–H and O–H groups in total. The van der Waals surface area contributed by atoms with Crippen molar-refractivity contribution in [1.29, 1.82) is 0 Å². The van der Waals surface area contributed by atoms with Gasteiger partial charge in [-0.25, -0.2) is 9.67 Å². The molecule has 18 heavy (non-hydrogen) atoms. The third kappa shape index (κ3) is 3.53. The van der Waals surface area contributed by atoms with E-state index in [0.29, 0.717) is 6.10 Å². The van der Waals surface area contributed by atoms with E-state index in [1.807, 2.05) is 4.68 Å². The molecule has 0 bridgehead atoms. The fourth-order valence-electron chi connectivity index (χ4n) is 2.42. The minimum absolute atomic E-state index is 0.400. The van der Waals surface area contributed by atoms with Crippen molar-refractivity contribution in [3.05, 3.63) is 12.2 Å². The van der Waals surface area contributed by atoms with E-state index >= 15 is 0 Å². The molecular weight excluding hydrogens is 228 g/mol. The molecule has 1 saturated heterocycles. The molecule has 1 unspecified atom stereocenters. The number of aryl methyl sites for hydroxylation is 1. The Balaban J connectivity index is 1.88. The molecule has 1 fully saturated rings. The summed E-state index contributed by atoms with van der Waals surface area (Å²) in [6.45, 7) is 8.99. The van der Waals surface area contributed by atoms with E-state index in [-0.39, 0.29) is 0 Å². The summed E-state index contributed by atoms with van der Waals surface area (Å²) in [6, 6.07) is 0. The van der Waals surface area contributed by atoms with E-state index in [0.717, 1.165) is 38.6 Å². The topological polar surface area (TPSA) is 43.2 Å². The van der Waals surface area contributed by atoms with Gasteiger partial charge in [0.1, 0.15) is 12.2 Å². The minimum Gasteiger partial charge on any atom is -0.377 e. The van der Waals surface area contributed by atoms with Crippen LogP contribution >= 0.6 is 0 Å². The largest absolute Gasteiger partial charge is 0.377 e. The van der Waals surface area contributed by atoms with Crippen LogP contribution in [0.4, 0.5) is 0 Å². The number of likely N-dealkylation sites (N-methyl/N-ethyl adjacent to an activating group) is 1. The van der Waals surface area contributed by atoms with Crippen LogP contribution in [0, 0.1) is 0 Å². The van der Waals surface area contributed by atoms with Gasteiger partial charge in [0.25, 0.3) is 0 Å². The van der Waals surface area contributed by atoms with Gasteiger partial charge in [-0.2, -0.15) is 5.10 Å². The Morgan fingerprint density at radius 2 is 2.33 bits per heavy atom. The predicted molar refractivity (Wildman–Crippen MR) is 70.2 cm³/mol. The Labute approximate surface area is 109 Å². The van der Waals surface area contributed by atoms with Gasteiger partial charge in [-0.05, 0) is 32.7 Å². The van der Waals surface area contributed by atoms with Gasteiger partial charge in [-0.15, -0.1) is 0 Å². The molecule has 1 aliphatic rings. The van der Waals surface area contributed by atoms with Crippen LogP contribution in [-0.2, 0) is 17.8 Å². The number of hydrogen-bond donors (Lipinski definition) is 0. The zero-order valence-electron chi connectivity index (χ0n) is 11.5. The van der Waals surface area contributed by atoms with Crippen LogP contribution in [0.2, 0.25) is 0 Å². The molecule has 0 saturated carbocycles. The summed E-state index contributed by atoms with van der Waals surface area (Å²) in [4.78, 5) is 6.73. The molecule has 1 aromatic rings. The Bertz CT molecular complexity index is 347. The van der Waals surface area contributed by atoms with E-state index in [4.69, 9.17) is 4.74 Å². The average molecular weight is 252 g/mol. The third-order valence-electron chi connectivity index (χ3n) is 3.54. The Hall–Kier alpha value is -0.940. The lowest BCUT2D eigenvalue weighted by atomic mass is 10.1. The molecule has 102 valence electrons. The molecule has 0 spiro atoms. The second-order valence-corrected chi connectivity index (χ2v) is 4.81. The number of aromatic nitrogens is 3. The van der Waals surface area contributed by atoms with Crippen LogP contribution < -0.4 is 0 Å². The lowest BCUT2D eigenvalue weighted by Crippen LogP contribution is -2.36. The smallest absolute Gasteiger partial charge is 0.140 e. The zero-order valence-corrected chi connectivity index (χ0v) is 11.5. The first-order valence-corrected chi connectivity index (χ1v) is 7.04. The zero-order chi connectivity index (χ0) is 12.8. The van der Waals surface area contributed by atoms with Crippen LogP contribution in [0.5, 0.6) is 0 Å². The highest BCUT2D eigenvalue weighted by molar-refractivity contribution is 4.85. The van der Waals surface area contributed by atoms with Crippen LogP contribution in [0.25, 0.3) is 0 Å². The van der Waals surface area contributed by atoms with E-state index in [1.54, 1.807) is 6.33 Å². The molecule has 5 nitrogen and oxygen atoms in total. The maximum atomic E-state index is 5.80. The first-order valence-electron chi connectivity index (χ1n) is 7.04.